The van der Waals surface area contributed by atoms with Gasteiger partial charge in [0.1, 0.15) is 0 Å². The van der Waals surface area contributed by atoms with E-state index in [1.807, 2.05) is 40.4 Å². The number of carbonyl (C=O) groups excluding carboxylic acids is 2. The third-order valence-electron chi connectivity index (χ3n) is 7.88. The first-order valence-electron chi connectivity index (χ1n) is 13.5. The summed E-state index contributed by atoms with van der Waals surface area (Å²) in [6.45, 7) is 4.43. The quantitative estimate of drug-likeness (QED) is 0.540. The van der Waals surface area contributed by atoms with E-state index < -0.39 is 0 Å². The summed E-state index contributed by atoms with van der Waals surface area (Å²) in [5.74, 6) is 0.226. The molecule has 2 aromatic carbocycles. The van der Waals surface area contributed by atoms with Crippen LogP contribution in [0.3, 0.4) is 0 Å². The molecule has 194 valence electrons. The molecule has 1 saturated heterocycles. The molecule has 1 N–H and O–H groups in total. The van der Waals surface area contributed by atoms with Gasteiger partial charge in [0.05, 0.1) is 6.20 Å². The highest BCUT2D eigenvalue weighted by Gasteiger charge is 2.36. The number of aromatic nitrogens is 2. The van der Waals surface area contributed by atoms with Crippen molar-refractivity contribution in [2.75, 3.05) is 18.0 Å². The molecule has 5 rings (SSSR count). The zero-order chi connectivity index (χ0) is 25.6. The molecule has 7 heteroatoms. The molecule has 0 spiro atoms. The molecule has 0 saturated carbocycles. The van der Waals surface area contributed by atoms with Gasteiger partial charge in [0, 0.05) is 63.5 Å². The highest BCUT2D eigenvalue weighted by molar-refractivity contribution is 5.92. The first-order valence-corrected chi connectivity index (χ1v) is 13.5. The number of aryl methyl sites for hydroxylation is 1. The Labute approximate surface area is 219 Å². The fourth-order valence-electron chi connectivity index (χ4n) is 5.94. The van der Waals surface area contributed by atoms with Crippen LogP contribution in [0, 0.1) is 0 Å². The van der Waals surface area contributed by atoms with Crippen molar-refractivity contribution in [2.24, 2.45) is 0 Å². The predicted octanol–water partition coefficient (Wildman–Crippen LogP) is 4.55. The Morgan fingerprint density at radius 3 is 2.54 bits per heavy atom. The summed E-state index contributed by atoms with van der Waals surface area (Å²) in [5.41, 5.74) is 4.38. The van der Waals surface area contributed by atoms with Gasteiger partial charge in [-0.15, -0.1) is 0 Å². The maximum Gasteiger partial charge on any atom is 0.223 e. The molecule has 0 radical (unpaired) electrons. The third kappa shape index (κ3) is 6.10. The Balaban J connectivity index is 1.42. The summed E-state index contributed by atoms with van der Waals surface area (Å²) < 4.78 is 0. The summed E-state index contributed by atoms with van der Waals surface area (Å²) in [6.07, 6.45) is 8.92. The van der Waals surface area contributed by atoms with Gasteiger partial charge in [0.15, 0.2) is 0 Å². The number of H-pyrrole nitrogens is 1. The highest BCUT2D eigenvalue weighted by Crippen LogP contribution is 2.32. The summed E-state index contributed by atoms with van der Waals surface area (Å²) >= 11 is 0. The number of nitrogens with one attached hydrogen (secondary N) is 1. The van der Waals surface area contributed by atoms with Gasteiger partial charge >= 0.3 is 0 Å². The number of hydrogen-bond donors (Lipinski definition) is 1. The van der Waals surface area contributed by atoms with E-state index in [1.54, 1.807) is 6.92 Å². The fourth-order valence-corrected chi connectivity index (χ4v) is 5.94. The second kappa shape index (κ2) is 11.7. The van der Waals surface area contributed by atoms with Crippen molar-refractivity contribution in [1.29, 1.82) is 0 Å². The van der Waals surface area contributed by atoms with E-state index in [4.69, 9.17) is 0 Å². The number of nitrogens with zero attached hydrogens (tertiary/aromatic N) is 4. The number of para-hydroxylation sites is 1. The number of amides is 2. The van der Waals surface area contributed by atoms with Gasteiger partial charge in [-0.2, -0.15) is 5.10 Å². The van der Waals surface area contributed by atoms with Crippen molar-refractivity contribution in [3.05, 3.63) is 83.7 Å². The lowest BCUT2D eigenvalue weighted by Gasteiger charge is -2.34. The molecule has 2 aliphatic rings. The van der Waals surface area contributed by atoms with Crippen LogP contribution in [0.4, 0.5) is 5.69 Å². The molecular formula is C30H37N5O2. The molecule has 0 unspecified atom stereocenters. The lowest BCUT2D eigenvalue weighted by Crippen LogP contribution is -2.45. The van der Waals surface area contributed by atoms with Crippen LogP contribution in [0.25, 0.3) is 0 Å². The summed E-state index contributed by atoms with van der Waals surface area (Å²) in [4.78, 5) is 33.0. The lowest BCUT2D eigenvalue weighted by molar-refractivity contribution is -0.132. The van der Waals surface area contributed by atoms with Crippen LogP contribution in [-0.2, 0) is 29.1 Å². The minimum absolute atomic E-state index is 0.0499. The Morgan fingerprint density at radius 1 is 0.973 bits per heavy atom. The van der Waals surface area contributed by atoms with E-state index in [-0.39, 0.29) is 11.8 Å². The summed E-state index contributed by atoms with van der Waals surface area (Å²) in [7, 11) is 0. The molecule has 3 heterocycles. The van der Waals surface area contributed by atoms with Gasteiger partial charge in [-0.3, -0.25) is 19.6 Å². The van der Waals surface area contributed by atoms with Gasteiger partial charge in [0.2, 0.25) is 11.8 Å². The van der Waals surface area contributed by atoms with Crippen LogP contribution >= 0.6 is 0 Å². The van der Waals surface area contributed by atoms with Crippen molar-refractivity contribution in [3.63, 3.8) is 0 Å². The molecule has 0 aliphatic carbocycles. The minimum atomic E-state index is 0.0499. The molecule has 2 bridgehead atoms. The van der Waals surface area contributed by atoms with Crippen LogP contribution in [-0.4, -0.2) is 57.0 Å². The van der Waals surface area contributed by atoms with Crippen molar-refractivity contribution in [1.82, 2.24) is 20.0 Å². The van der Waals surface area contributed by atoms with E-state index >= 15 is 0 Å². The highest BCUT2D eigenvalue weighted by atomic mass is 16.2. The van der Waals surface area contributed by atoms with E-state index in [9.17, 15) is 9.59 Å². The van der Waals surface area contributed by atoms with Crippen LogP contribution < -0.4 is 4.90 Å². The Bertz CT molecular complexity index is 1180. The van der Waals surface area contributed by atoms with E-state index in [0.29, 0.717) is 38.1 Å². The van der Waals surface area contributed by atoms with Crippen LogP contribution in [0.15, 0.2) is 67.0 Å². The average Bonchev–Trinajstić information content (AvgIpc) is 3.54. The smallest absolute Gasteiger partial charge is 0.223 e. The average molecular weight is 500 g/mol. The number of hydrogen-bond acceptors (Lipinski definition) is 4. The fraction of sp³-hybridized carbons (Fsp3) is 0.433. The van der Waals surface area contributed by atoms with Crippen LogP contribution in [0.5, 0.6) is 0 Å². The monoisotopic (exact) mass is 499 g/mol. The van der Waals surface area contributed by atoms with Gasteiger partial charge in [-0.25, -0.2) is 0 Å². The second-order valence-corrected chi connectivity index (χ2v) is 10.4. The summed E-state index contributed by atoms with van der Waals surface area (Å²) in [6, 6.07) is 19.4. The molecule has 3 aromatic rings. The van der Waals surface area contributed by atoms with Gasteiger partial charge in [-0.1, -0.05) is 48.5 Å². The van der Waals surface area contributed by atoms with Crippen molar-refractivity contribution < 1.29 is 9.59 Å². The molecule has 2 aliphatic heterocycles. The number of aromatic amines is 1. The van der Waals surface area contributed by atoms with Gasteiger partial charge in [0.25, 0.3) is 0 Å². The maximum atomic E-state index is 13.6. The SMILES string of the molecule is CC(=O)N1CC[C@@H]2CC[C@H](CN(C(=O)CCCc3cn[nH]c3)Cc3ccccc31)N2Cc1ccccc1. The van der Waals surface area contributed by atoms with Crippen molar-refractivity contribution in [2.45, 2.75) is 70.6 Å². The van der Waals surface area contributed by atoms with E-state index in [0.717, 1.165) is 55.5 Å². The zero-order valence-corrected chi connectivity index (χ0v) is 21.7. The van der Waals surface area contributed by atoms with E-state index in [2.05, 4.69) is 51.5 Å². The lowest BCUT2D eigenvalue weighted by atomic mass is 10.1. The molecule has 2 amide bonds. The molecule has 7 nitrogen and oxygen atoms in total. The Morgan fingerprint density at radius 2 is 1.76 bits per heavy atom. The largest absolute Gasteiger partial charge is 0.337 e. The Kier molecular flexibility index (Phi) is 7.99. The first kappa shape index (κ1) is 25.2. The van der Waals surface area contributed by atoms with Crippen LogP contribution in [0.2, 0.25) is 0 Å². The molecule has 37 heavy (non-hydrogen) atoms. The number of carbonyl (C=O) groups is 2. The minimum Gasteiger partial charge on any atom is -0.337 e. The normalized spacial score (nSPS) is 20.4. The van der Waals surface area contributed by atoms with Crippen molar-refractivity contribution in [3.8, 4) is 0 Å². The molecule has 1 aromatic heterocycles. The maximum absolute atomic E-state index is 13.6. The third-order valence-corrected chi connectivity index (χ3v) is 7.88. The van der Waals surface area contributed by atoms with Gasteiger partial charge < -0.3 is 9.80 Å². The van der Waals surface area contributed by atoms with Gasteiger partial charge in [-0.05, 0) is 54.9 Å². The number of rotatable bonds is 6. The topological polar surface area (TPSA) is 72.5 Å². The second-order valence-electron chi connectivity index (χ2n) is 10.4. The molecular weight excluding hydrogens is 462 g/mol. The Hall–Kier alpha value is -3.45. The first-order chi connectivity index (χ1) is 18.1. The van der Waals surface area contributed by atoms with E-state index in [1.165, 1.54) is 5.56 Å². The standard InChI is InChI=1S/C30H37N5O2/c1-23(36)34-17-16-27-14-15-28(35(27)20-24-8-3-2-4-9-24)22-33(21-26-11-5-6-12-29(26)34)30(37)13-7-10-25-18-31-32-19-25/h2-6,8-9,11-12,18-19,27-28H,7,10,13-17,20-22H2,1H3,(H,31,32)/t27-,28+/m0/s1. The van der Waals surface area contributed by atoms with Crippen molar-refractivity contribution >= 4 is 17.5 Å². The van der Waals surface area contributed by atoms with Crippen LogP contribution in [0.1, 0.15) is 55.7 Å². The zero-order valence-electron chi connectivity index (χ0n) is 21.7. The molecule has 1 fully saturated rings. The number of anilines is 1. The summed E-state index contributed by atoms with van der Waals surface area (Å²) in [5, 5.41) is 6.87. The molecule has 2 atom stereocenters. The number of benzene rings is 2. The number of fused-ring (bicyclic) bond motifs is 3. The predicted molar refractivity (Wildman–Crippen MR) is 145 cm³/mol.